The third kappa shape index (κ3) is 10.4. The lowest BCUT2D eigenvalue weighted by atomic mass is 10.1. The zero-order valence-electron chi connectivity index (χ0n) is 37.3. The first-order chi connectivity index (χ1) is 32.7. The summed E-state index contributed by atoms with van der Waals surface area (Å²) < 4.78 is 68.7. The molecule has 0 saturated carbocycles. The van der Waals surface area contributed by atoms with E-state index >= 15 is 4.39 Å². The van der Waals surface area contributed by atoms with Crippen LogP contribution in [0.2, 0.25) is 0 Å². The van der Waals surface area contributed by atoms with Gasteiger partial charge < -0.3 is 34.9 Å². The number of hydrogen-bond donors (Lipinski definition) is 3. The van der Waals surface area contributed by atoms with E-state index in [-0.39, 0.29) is 41.3 Å². The van der Waals surface area contributed by atoms with Crippen LogP contribution in [-0.2, 0) is 32.1 Å². The third-order valence-corrected chi connectivity index (χ3v) is 13.8. The molecule has 3 unspecified atom stereocenters. The number of carbonyl (C=O) groups excluding carboxylic acids is 2. The number of amides is 2. The fourth-order valence-electron chi connectivity index (χ4n) is 7.78. The second kappa shape index (κ2) is 20.7. The number of thiazole rings is 2. The number of halogens is 1. The second-order valence-electron chi connectivity index (χ2n) is 16.0. The van der Waals surface area contributed by atoms with Crippen LogP contribution in [0.25, 0.3) is 44.1 Å². The predicted octanol–water partition coefficient (Wildman–Crippen LogP) is 9.32. The SMILES string of the molecule is CC(CC(=O)Nc1nc(-c2ccc(F)c(N(c3cccc4c(N(C)C)cccc34)S(=O)[O-])c2)cs1)NCC(=O)Nc1nc(-c2cccc(N(c3cccc4c(N(C)C)cccc34)S(=O)[O-])c2)cs1. The van der Waals surface area contributed by atoms with Crippen LogP contribution in [0, 0.1) is 5.82 Å². The molecule has 6 aromatic carbocycles. The number of carbonyl (C=O) groups is 2. The van der Waals surface area contributed by atoms with E-state index in [9.17, 15) is 27.1 Å². The molecular weight excluding hydrogens is 946 g/mol. The number of nitrogens with one attached hydrogen (secondary N) is 3. The van der Waals surface area contributed by atoms with Crippen LogP contribution < -0.4 is 34.4 Å². The first-order valence-corrected chi connectivity index (χ1v) is 24.8. The Balaban J connectivity index is 0.871. The summed E-state index contributed by atoms with van der Waals surface area (Å²) in [6.45, 7) is 1.65. The fraction of sp³-hybridized carbons (Fsp3) is 0.167. The van der Waals surface area contributed by atoms with Crippen molar-refractivity contribution in [2.45, 2.75) is 19.4 Å². The summed E-state index contributed by atoms with van der Waals surface area (Å²) in [5, 5.41) is 15.8. The molecule has 3 N–H and O–H groups in total. The van der Waals surface area contributed by atoms with Gasteiger partial charge in [0.05, 0.1) is 63.2 Å². The van der Waals surface area contributed by atoms with Gasteiger partial charge in [0.15, 0.2) is 10.3 Å². The Labute approximate surface area is 405 Å². The summed E-state index contributed by atoms with van der Waals surface area (Å²) in [7, 11) is 7.64. The number of fused-ring (bicyclic) bond motifs is 2. The minimum absolute atomic E-state index is 0.00618. The smallest absolute Gasteiger partial charge is 0.240 e. The molecule has 2 aromatic heterocycles. The molecule has 68 heavy (non-hydrogen) atoms. The maximum Gasteiger partial charge on any atom is 0.240 e. The van der Waals surface area contributed by atoms with Crippen LogP contribution >= 0.6 is 22.7 Å². The van der Waals surface area contributed by atoms with E-state index in [0.29, 0.717) is 44.4 Å². The molecule has 0 aliphatic rings. The molecule has 8 aromatic rings. The van der Waals surface area contributed by atoms with E-state index in [2.05, 4.69) is 25.9 Å². The highest BCUT2D eigenvalue weighted by Gasteiger charge is 2.22. The molecule has 0 saturated heterocycles. The summed E-state index contributed by atoms with van der Waals surface area (Å²) >= 11 is -3.18. The number of anilines is 8. The molecule has 2 amide bonds. The van der Waals surface area contributed by atoms with Crippen molar-refractivity contribution in [1.29, 1.82) is 0 Å². The van der Waals surface area contributed by atoms with Crippen LogP contribution in [0.4, 0.5) is 48.8 Å². The van der Waals surface area contributed by atoms with Crippen LogP contribution in [0.15, 0.2) is 126 Å². The van der Waals surface area contributed by atoms with Crippen LogP contribution in [0.5, 0.6) is 0 Å². The van der Waals surface area contributed by atoms with E-state index in [4.69, 9.17) is 0 Å². The maximum absolute atomic E-state index is 15.5. The number of rotatable bonds is 17. The van der Waals surface area contributed by atoms with Gasteiger partial charge in [0.25, 0.3) is 0 Å². The average molecular weight is 990 g/mol. The molecular formula is C48H44FN9O6S4-2. The third-order valence-electron chi connectivity index (χ3n) is 10.9. The Kier molecular flexibility index (Phi) is 14.6. The van der Waals surface area contributed by atoms with E-state index in [1.165, 1.54) is 33.8 Å². The molecule has 0 bridgehead atoms. The van der Waals surface area contributed by atoms with E-state index in [1.807, 2.05) is 92.6 Å². The molecule has 0 radical (unpaired) electrons. The Morgan fingerprint density at radius 1 is 0.618 bits per heavy atom. The molecule has 8 rings (SSSR count). The normalized spacial score (nSPS) is 12.6. The monoisotopic (exact) mass is 989 g/mol. The maximum atomic E-state index is 15.5. The van der Waals surface area contributed by atoms with E-state index in [1.54, 1.807) is 60.1 Å². The quantitative estimate of drug-likeness (QED) is 0.0738. The highest BCUT2D eigenvalue weighted by atomic mass is 32.2. The summed E-state index contributed by atoms with van der Waals surface area (Å²) in [5.74, 6) is -1.50. The first kappa shape index (κ1) is 47.8. The van der Waals surface area contributed by atoms with Gasteiger partial charge in [-0.25, -0.2) is 14.4 Å². The van der Waals surface area contributed by atoms with Crippen molar-refractivity contribution in [2.24, 2.45) is 0 Å². The molecule has 0 spiro atoms. The van der Waals surface area contributed by atoms with Gasteiger partial charge in [-0.3, -0.25) is 26.6 Å². The van der Waals surface area contributed by atoms with Crippen molar-refractivity contribution < 1.29 is 31.5 Å². The molecule has 0 aliphatic carbocycles. The zero-order chi connectivity index (χ0) is 48.2. The van der Waals surface area contributed by atoms with Crippen molar-refractivity contribution in [3.8, 4) is 22.5 Å². The van der Waals surface area contributed by atoms with Gasteiger partial charge in [-0.15, -0.1) is 22.7 Å². The van der Waals surface area contributed by atoms with Crippen molar-refractivity contribution in [2.75, 3.05) is 63.8 Å². The fourth-order valence-corrected chi connectivity index (χ4v) is 10.5. The molecule has 3 atom stereocenters. The lowest BCUT2D eigenvalue weighted by Gasteiger charge is -2.29. The number of benzene rings is 6. The Hall–Kier alpha value is -6.65. The van der Waals surface area contributed by atoms with Crippen molar-refractivity contribution >= 4 is 123 Å². The predicted molar refractivity (Wildman–Crippen MR) is 273 cm³/mol. The first-order valence-electron chi connectivity index (χ1n) is 21.0. The standard InChI is InChI=1S/C48H46FN9O6S4/c1-29(23-45(59)53-47-52-39(28-65-47)31-21-22-37(49)44(25-31)58(68(63)64)43-20-10-14-34-36(43)16-8-18-41(34)56(4)5)50-26-46(60)54-48-51-38(27-66-48)30-11-6-12-32(24-30)57(67(61)62)42-19-9-13-33-35(42)15-7-17-40(33)55(2)3/h6-22,24-25,27-29,50H,23,26H2,1-5H3,(H,61,62)(H,63,64)(H,51,54,60)(H,52,53,59)/p-2. The molecule has 0 fully saturated rings. The van der Waals surface area contributed by atoms with Crippen molar-refractivity contribution in [3.63, 3.8) is 0 Å². The topological polar surface area (TPSA) is 189 Å². The Morgan fingerprint density at radius 3 is 1.62 bits per heavy atom. The second-order valence-corrected chi connectivity index (χ2v) is 19.3. The van der Waals surface area contributed by atoms with Gasteiger partial charge in [0.1, 0.15) is 5.82 Å². The molecule has 350 valence electrons. The Morgan fingerprint density at radius 2 is 1.09 bits per heavy atom. The summed E-state index contributed by atoms with van der Waals surface area (Å²) in [6.07, 6.45) is 0.00618. The number of nitrogens with zero attached hydrogens (tertiary/aromatic N) is 6. The average Bonchev–Trinajstić information content (AvgIpc) is 3.98. The van der Waals surface area contributed by atoms with E-state index < -0.39 is 34.4 Å². The van der Waals surface area contributed by atoms with Gasteiger partial charge >= 0.3 is 0 Å². The zero-order valence-corrected chi connectivity index (χ0v) is 40.5. The molecule has 20 heteroatoms. The van der Waals surface area contributed by atoms with Crippen molar-refractivity contribution in [3.05, 3.63) is 132 Å². The number of hydrogen-bond acceptors (Lipinski definition) is 13. The minimum Gasteiger partial charge on any atom is -0.755 e. The molecule has 2 heterocycles. The van der Waals surface area contributed by atoms with Crippen LogP contribution in [-0.4, -0.2) is 80.1 Å². The summed E-state index contributed by atoms with van der Waals surface area (Å²) in [5.41, 5.74) is 4.85. The number of aromatic nitrogens is 2. The highest BCUT2D eigenvalue weighted by Crippen LogP contribution is 2.41. The minimum atomic E-state index is -2.89. The van der Waals surface area contributed by atoms with Crippen LogP contribution in [0.1, 0.15) is 13.3 Å². The highest BCUT2D eigenvalue weighted by molar-refractivity contribution is 7.81. The summed E-state index contributed by atoms with van der Waals surface area (Å²) in [4.78, 5) is 39.0. The molecule has 0 aliphatic heterocycles. The van der Waals surface area contributed by atoms with Gasteiger partial charge in [-0.1, -0.05) is 60.7 Å². The van der Waals surface area contributed by atoms with Gasteiger partial charge in [-0.2, -0.15) is 0 Å². The summed E-state index contributed by atoms with van der Waals surface area (Å²) in [6, 6.07) is 32.7. The van der Waals surface area contributed by atoms with Gasteiger partial charge in [0.2, 0.25) is 11.8 Å². The van der Waals surface area contributed by atoms with Gasteiger partial charge in [0, 0.05) is 95.5 Å². The Bertz CT molecular complexity index is 3220. The van der Waals surface area contributed by atoms with Gasteiger partial charge in [-0.05, 0) is 61.5 Å². The lowest BCUT2D eigenvalue weighted by Crippen LogP contribution is -2.36. The van der Waals surface area contributed by atoms with Crippen LogP contribution in [0.3, 0.4) is 0 Å². The van der Waals surface area contributed by atoms with E-state index in [0.717, 1.165) is 43.2 Å². The lowest BCUT2D eigenvalue weighted by molar-refractivity contribution is -0.118. The largest absolute Gasteiger partial charge is 0.755 e. The van der Waals surface area contributed by atoms with Crippen molar-refractivity contribution in [1.82, 2.24) is 15.3 Å². The molecule has 15 nitrogen and oxygen atoms in total.